The fraction of sp³-hybridized carbons (Fsp3) is 0.750. The summed E-state index contributed by atoms with van der Waals surface area (Å²) in [6.07, 6.45) is 3.98. The van der Waals surface area contributed by atoms with Crippen molar-refractivity contribution in [1.82, 2.24) is 15.1 Å². The maximum Gasteiger partial charge on any atom is 0.0739 e. The smallest absolute Gasteiger partial charge is 0.0739 e. The summed E-state index contributed by atoms with van der Waals surface area (Å²) in [7, 11) is 3.78. The lowest BCUT2D eigenvalue weighted by Gasteiger charge is -2.19. The van der Waals surface area contributed by atoms with E-state index in [1.165, 1.54) is 25.0 Å². The molecule has 1 aromatic heterocycles. The lowest BCUT2D eigenvalue weighted by Crippen LogP contribution is -2.36. The Bertz CT molecular complexity index is 391. The van der Waals surface area contributed by atoms with E-state index in [0.29, 0.717) is 12.1 Å². The molecule has 0 radical (unpaired) electrons. The lowest BCUT2D eigenvalue weighted by molar-refractivity contribution is 0.0845. The van der Waals surface area contributed by atoms with Crippen LogP contribution in [0.2, 0.25) is 0 Å². The third-order valence-electron chi connectivity index (χ3n) is 3.55. The van der Waals surface area contributed by atoms with Crippen LogP contribution in [0.5, 0.6) is 0 Å². The summed E-state index contributed by atoms with van der Waals surface area (Å²) < 4.78 is 8.53. The number of nitrogens with zero attached hydrogens (tertiary/aromatic N) is 2. The number of ether oxygens (including phenoxy) is 1. The zero-order chi connectivity index (χ0) is 12.4. The summed E-state index contributed by atoms with van der Waals surface area (Å²) in [5.74, 6) is 0. The number of hydrogen-bond acceptors (Lipinski definition) is 3. The summed E-state index contributed by atoms with van der Waals surface area (Å²) in [5.41, 5.74) is 2.24. The summed E-state index contributed by atoms with van der Waals surface area (Å²) >= 11 is 3.59. The molecule has 2 unspecified atom stereocenters. The summed E-state index contributed by atoms with van der Waals surface area (Å²) in [6, 6.07) is 0.474. The molecule has 5 heteroatoms. The van der Waals surface area contributed by atoms with E-state index in [1.807, 2.05) is 18.7 Å². The molecule has 1 saturated carbocycles. The number of nitrogens with one attached hydrogen (secondary N) is 1. The van der Waals surface area contributed by atoms with Crippen molar-refractivity contribution in [3.63, 3.8) is 0 Å². The van der Waals surface area contributed by atoms with Gasteiger partial charge < -0.3 is 10.1 Å². The van der Waals surface area contributed by atoms with Crippen molar-refractivity contribution < 1.29 is 4.74 Å². The zero-order valence-corrected chi connectivity index (χ0v) is 12.2. The monoisotopic (exact) mass is 301 g/mol. The minimum absolute atomic E-state index is 0.364. The third kappa shape index (κ3) is 2.72. The van der Waals surface area contributed by atoms with Gasteiger partial charge in [0.15, 0.2) is 0 Å². The van der Waals surface area contributed by atoms with Crippen LogP contribution >= 0.6 is 15.9 Å². The first kappa shape index (κ1) is 13.1. The fourth-order valence-electron chi connectivity index (χ4n) is 2.54. The van der Waals surface area contributed by atoms with Gasteiger partial charge in [-0.2, -0.15) is 5.10 Å². The van der Waals surface area contributed by atoms with Crippen molar-refractivity contribution in [2.45, 2.75) is 44.9 Å². The first-order valence-corrected chi connectivity index (χ1v) is 6.87. The van der Waals surface area contributed by atoms with Gasteiger partial charge in [0, 0.05) is 26.7 Å². The van der Waals surface area contributed by atoms with Gasteiger partial charge in [-0.25, -0.2) is 0 Å². The second-order valence-electron chi connectivity index (χ2n) is 4.66. The van der Waals surface area contributed by atoms with Gasteiger partial charge in [-0.15, -0.1) is 0 Å². The highest BCUT2D eigenvalue weighted by molar-refractivity contribution is 9.10. The van der Waals surface area contributed by atoms with Gasteiger partial charge >= 0.3 is 0 Å². The van der Waals surface area contributed by atoms with E-state index >= 15 is 0 Å². The zero-order valence-electron chi connectivity index (χ0n) is 10.7. The Morgan fingerprint density at radius 2 is 2.29 bits per heavy atom. The van der Waals surface area contributed by atoms with Gasteiger partial charge in [-0.05, 0) is 42.1 Å². The van der Waals surface area contributed by atoms with Crippen LogP contribution in [0.15, 0.2) is 4.47 Å². The van der Waals surface area contributed by atoms with E-state index in [2.05, 4.69) is 26.3 Å². The molecule has 0 aromatic carbocycles. The largest absolute Gasteiger partial charge is 0.380 e. The van der Waals surface area contributed by atoms with Crippen molar-refractivity contribution in [3.8, 4) is 0 Å². The highest BCUT2D eigenvalue weighted by Crippen LogP contribution is 2.24. The highest BCUT2D eigenvalue weighted by atomic mass is 79.9. The van der Waals surface area contributed by atoms with E-state index in [9.17, 15) is 0 Å². The van der Waals surface area contributed by atoms with Gasteiger partial charge in [0.1, 0.15) is 0 Å². The standard InChI is InChI=1S/C12H20BrN3O/c1-8-12(13)10(16(2)15-8)7-14-9-5-4-6-11(9)17-3/h9,11,14H,4-7H2,1-3H3. The summed E-state index contributed by atoms with van der Waals surface area (Å²) in [4.78, 5) is 0. The van der Waals surface area contributed by atoms with Crippen molar-refractivity contribution >= 4 is 15.9 Å². The van der Waals surface area contributed by atoms with Crippen molar-refractivity contribution in [2.75, 3.05) is 7.11 Å². The van der Waals surface area contributed by atoms with Gasteiger partial charge in [0.05, 0.1) is 22.0 Å². The van der Waals surface area contributed by atoms with Crippen LogP contribution in [0.25, 0.3) is 0 Å². The van der Waals surface area contributed by atoms with Crippen LogP contribution in [-0.2, 0) is 18.3 Å². The number of aryl methyl sites for hydroxylation is 2. The molecule has 1 aliphatic carbocycles. The molecule has 0 bridgehead atoms. The second-order valence-corrected chi connectivity index (χ2v) is 5.46. The molecule has 1 aromatic rings. The van der Waals surface area contributed by atoms with Crippen LogP contribution in [0, 0.1) is 6.92 Å². The molecule has 1 heterocycles. The second kappa shape index (κ2) is 5.50. The minimum Gasteiger partial charge on any atom is -0.380 e. The molecule has 4 nitrogen and oxygen atoms in total. The molecule has 0 aliphatic heterocycles. The first-order valence-electron chi connectivity index (χ1n) is 6.07. The number of methoxy groups -OCH3 is 1. The molecule has 96 valence electrons. The Morgan fingerprint density at radius 1 is 1.53 bits per heavy atom. The van der Waals surface area contributed by atoms with Crippen LogP contribution in [0.4, 0.5) is 0 Å². The van der Waals surface area contributed by atoms with Gasteiger partial charge in [-0.1, -0.05) is 0 Å². The molecule has 2 atom stereocenters. The average molecular weight is 302 g/mol. The number of hydrogen-bond donors (Lipinski definition) is 1. The predicted octanol–water partition coefficient (Wildman–Crippen LogP) is 2.15. The predicted molar refractivity (Wildman–Crippen MR) is 70.9 cm³/mol. The van der Waals surface area contributed by atoms with E-state index in [-0.39, 0.29) is 0 Å². The molecule has 0 saturated heterocycles. The lowest BCUT2D eigenvalue weighted by atomic mass is 10.2. The Hall–Kier alpha value is -0.390. The number of halogens is 1. The minimum atomic E-state index is 0.364. The summed E-state index contributed by atoms with van der Waals surface area (Å²) in [5, 5.41) is 7.97. The Kier molecular flexibility index (Phi) is 4.22. The van der Waals surface area contributed by atoms with Gasteiger partial charge in [0.2, 0.25) is 0 Å². The molecule has 2 rings (SSSR count). The Balaban J connectivity index is 1.97. The van der Waals surface area contributed by atoms with Crippen LogP contribution in [0.3, 0.4) is 0 Å². The van der Waals surface area contributed by atoms with Crippen molar-refractivity contribution in [2.24, 2.45) is 7.05 Å². The topological polar surface area (TPSA) is 39.1 Å². The van der Waals surface area contributed by atoms with E-state index in [4.69, 9.17) is 4.74 Å². The number of aromatic nitrogens is 2. The molecule has 0 spiro atoms. The number of rotatable bonds is 4. The maximum absolute atomic E-state index is 5.48. The molecule has 0 amide bonds. The van der Waals surface area contributed by atoms with Gasteiger partial charge in [0.25, 0.3) is 0 Å². The van der Waals surface area contributed by atoms with E-state index in [0.717, 1.165) is 16.7 Å². The molecule has 1 aliphatic rings. The van der Waals surface area contributed by atoms with Crippen molar-refractivity contribution in [3.05, 3.63) is 15.9 Å². The van der Waals surface area contributed by atoms with Crippen LogP contribution in [0.1, 0.15) is 30.7 Å². The molecule has 1 fully saturated rings. The summed E-state index contributed by atoms with van der Waals surface area (Å²) in [6.45, 7) is 2.85. The SMILES string of the molecule is COC1CCCC1NCc1c(Br)c(C)nn1C. The average Bonchev–Trinajstić information content (AvgIpc) is 2.84. The Morgan fingerprint density at radius 3 is 2.88 bits per heavy atom. The normalized spacial score (nSPS) is 24.5. The van der Waals surface area contributed by atoms with Gasteiger partial charge in [-0.3, -0.25) is 4.68 Å². The Labute approximate surface area is 111 Å². The maximum atomic E-state index is 5.48. The first-order chi connectivity index (χ1) is 8.13. The molecular weight excluding hydrogens is 282 g/mol. The fourth-order valence-corrected chi connectivity index (χ4v) is 3.02. The third-order valence-corrected chi connectivity index (χ3v) is 4.58. The van der Waals surface area contributed by atoms with Crippen LogP contribution < -0.4 is 5.32 Å². The van der Waals surface area contributed by atoms with Crippen molar-refractivity contribution in [1.29, 1.82) is 0 Å². The quantitative estimate of drug-likeness (QED) is 0.926. The molecular formula is C12H20BrN3O. The highest BCUT2D eigenvalue weighted by Gasteiger charge is 2.27. The van der Waals surface area contributed by atoms with Crippen LogP contribution in [-0.4, -0.2) is 29.0 Å². The van der Waals surface area contributed by atoms with E-state index < -0.39 is 0 Å². The molecule has 1 N–H and O–H groups in total. The van der Waals surface area contributed by atoms with E-state index in [1.54, 1.807) is 7.11 Å². The molecule has 17 heavy (non-hydrogen) atoms.